The van der Waals surface area contributed by atoms with Gasteiger partial charge in [0.2, 0.25) is 0 Å². The molecule has 9 nitrogen and oxygen atoms in total. The number of hydrogen-bond acceptors (Lipinski definition) is 7. The number of pyridine rings is 1. The highest BCUT2D eigenvalue weighted by atomic mass is 32.1. The minimum Gasteiger partial charge on any atom is -0.370 e. The van der Waals surface area contributed by atoms with Crippen molar-refractivity contribution in [1.29, 1.82) is 0 Å². The molecule has 4 aliphatic rings. The molecule has 0 radical (unpaired) electrons. The number of carbonyl (C=O) groups excluding carboxylic acids is 2. The summed E-state index contributed by atoms with van der Waals surface area (Å²) in [5, 5.41) is 8.84. The Hall–Kier alpha value is -3.24. The van der Waals surface area contributed by atoms with Crippen LogP contribution >= 0.6 is 11.3 Å². The van der Waals surface area contributed by atoms with E-state index in [2.05, 4.69) is 25.5 Å². The summed E-state index contributed by atoms with van der Waals surface area (Å²) in [5.41, 5.74) is 2.38. The van der Waals surface area contributed by atoms with Gasteiger partial charge < -0.3 is 20.4 Å². The van der Waals surface area contributed by atoms with Gasteiger partial charge in [-0.3, -0.25) is 14.7 Å². The Bertz CT molecular complexity index is 1210. The van der Waals surface area contributed by atoms with E-state index in [1.54, 1.807) is 34.6 Å². The quantitative estimate of drug-likeness (QED) is 0.661. The molecule has 5 heterocycles. The van der Waals surface area contributed by atoms with Crippen molar-refractivity contribution >= 4 is 39.8 Å². The summed E-state index contributed by atoms with van der Waals surface area (Å²) >= 11 is 1.31. The number of aromatic nitrogens is 2. The largest absolute Gasteiger partial charge is 0.370 e. The average molecular weight is 506 g/mol. The third kappa shape index (κ3) is 4.08. The summed E-state index contributed by atoms with van der Waals surface area (Å²) in [5.74, 6) is -0.299. The fourth-order valence-corrected chi connectivity index (χ4v) is 6.76. The Morgan fingerprint density at radius 1 is 1.19 bits per heavy atom. The van der Waals surface area contributed by atoms with E-state index in [-0.39, 0.29) is 24.0 Å². The zero-order chi connectivity index (χ0) is 24.7. The fourth-order valence-electron chi connectivity index (χ4n) is 5.92. The summed E-state index contributed by atoms with van der Waals surface area (Å²) in [4.78, 5) is 40.6. The molecule has 2 unspecified atom stereocenters. The molecule has 1 spiro atoms. The third-order valence-electron chi connectivity index (χ3n) is 8.03. The van der Waals surface area contributed by atoms with Crippen LogP contribution in [0.15, 0.2) is 48.1 Å². The molecule has 36 heavy (non-hydrogen) atoms. The average Bonchev–Trinajstić information content (AvgIpc) is 3.49. The van der Waals surface area contributed by atoms with E-state index in [4.69, 9.17) is 0 Å². The molecule has 0 bridgehead atoms. The Morgan fingerprint density at radius 3 is 2.78 bits per heavy atom. The van der Waals surface area contributed by atoms with Crippen LogP contribution in [-0.2, 0) is 0 Å². The van der Waals surface area contributed by atoms with Gasteiger partial charge >= 0.3 is 6.03 Å². The zero-order valence-corrected chi connectivity index (χ0v) is 21.2. The molecule has 0 saturated carbocycles. The van der Waals surface area contributed by atoms with Crippen molar-refractivity contribution in [3.05, 3.63) is 53.8 Å². The van der Waals surface area contributed by atoms with Crippen LogP contribution in [0.25, 0.3) is 0 Å². The van der Waals surface area contributed by atoms with Gasteiger partial charge in [-0.2, -0.15) is 0 Å². The predicted octanol–water partition coefficient (Wildman–Crippen LogP) is 3.50. The summed E-state index contributed by atoms with van der Waals surface area (Å²) in [6.45, 7) is 4.16. The maximum Gasteiger partial charge on any atom is 0.327 e. The number of carbonyl (C=O) groups is 2. The van der Waals surface area contributed by atoms with Crippen LogP contribution in [0, 0.1) is 5.41 Å². The van der Waals surface area contributed by atoms with E-state index >= 15 is 0 Å². The number of fused-ring (bicyclic) bond motifs is 1. The first-order chi connectivity index (χ1) is 17.5. The first kappa shape index (κ1) is 23.2. The minimum atomic E-state index is -0.299. The van der Waals surface area contributed by atoms with Gasteiger partial charge in [-0.25, -0.2) is 9.78 Å². The van der Waals surface area contributed by atoms with E-state index in [0.29, 0.717) is 21.9 Å². The fraction of sp³-hybridized carbons (Fsp3) is 0.462. The van der Waals surface area contributed by atoms with Crippen molar-refractivity contribution < 1.29 is 9.59 Å². The first-order valence-corrected chi connectivity index (χ1v) is 13.5. The maximum atomic E-state index is 13.2. The van der Waals surface area contributed by atoms with Crippen LogP contribution in [0.4, 0.5) is 21.3 Å². The lowest BCUT2D eigenvalue weighted by Gasteiger charge is -2.45. The van der Waals surface area contributed by atoms with Crippen LogP contribution in [-0.4, -0.2) is 72.1 Å². The molecule has 2 atom stereocenters. The normalized spacial score (nSPS) is 24.9. The number of amides is 3. The van der Waals surface area contributed by atoms with Crippen molar-refractivity contribution in [2.45, 2.75) is 37.8 Å². The van der Waals surface area contributed by atoms with Crippen LogP contribution in [0.2, 0.25) is 0 Å². The van der Waals surface area contributed by atoms with Crippen LogP contribution < -0.4 is 20.4 Å². The second kappa shape index (κ2) is 9.33. The van der Waals surface area contributed by atoms with Crippen LogP contribution in [0.1, 0.15) is 36.2 Å². The molecule has 6 rings (SSSR count). The summed E-state index contributed by atoms with van der Waals surface area (Å²) in [7, 11) is 1.79. The number of allylic oxidation sites excluding steroid dienone is 2. The molecule has 2 aromatic rings. The Morgan fingerprint density at radius 2 is 2.00 bits per heavy atom. The summed E-state index contributed by atoms with van der Waals surface area (Å²) < 4.78 is 0. The number of piperidine rings is 2. The molecule has 3 aliphatic heterocycles. The van der Waals surface area contributed by atoms with Gasteiger partial charge in [0, 0.05) is 38.3 Å². The highest BCUT2D eigenvalue weighted by molar-refractivity contribution is 7.14. The molecule has 3 saturated heterocycles. The van der Waals surface area contributed by atoms with Crippen molar-refractivity contribution in [1.82, 2.24) is 20.2 Å². The molecule has 3 fully saturated rings. The number of rotatable bonds is 4. The van der Waals surface area contributed by atoms with Gasteiger partial charge in [-0.15, -0.1) is 11.3 Å². The Labute approximate surface area is 214 Å². The SMILES string of the molecule is CN1C(=O)N(c2nc(C(=O)Nc3cnccc3N3CCC4(CCCNC4)CC3)cs2)C2C=CC=CC21. The molecule has 2 N–H and O–H groups in total. The van der Waals surface area contributed by atoms with Crippen molar-refractivity contribution in [2.75, 3.05) is 48.3 Å². The van der Waals surface area contributed by atoms with Gasteiger partial charge in [0.1, 0.15) is 5.69 Å². The number of likely N-dealkylation sites (N-methyl/N-ethyl adjacent to an activating group) is 1. The molecular formula is C26H31N7O2S. The molecular weight excluding hydrogens is 474 g/mol. The highest BCUT2D eigenvalue weighted by Gasteiger charge is 2.44. The number of thiazole rings is 1. The van der Waals surface area contributed by atoms with Crippen molar-refractivity contribution in [3.63, 3.8) is 0 Å². The highest BCUT2D eigenvalue weighted by Crippen LogP contribution is 2.40. The van der Waals surface area contributed by atoms with E-state index in [9.17, 15) is 9.59 Å². The van der Waals surface area contributed by atoms with Gasteiger partial charge in [0.15, 0.2) is 5.13 Å². The first-order valence-electron chi connectivity index (χ1n) is 12.6. The second-order valence-corrected chi connectivity index (χ2v) is 11.0. The number of nitrogens with one attached hydrogen (secondary N) is 2. The lowest BCUT2D eigenvalue weighted by atomic mass is 9.73. The Balaban J connectivity index is 1.16. The molecule has 1 aliphatic carbocycles. The smallest absolute Gasteiger partial charge is 0.327 e. The lowest BCUT2D eigenvalue weighted by molar-refractivity contribution is 0.102. The van der Waals surface area contributed by atoms with E-state index in [0.717, 1.165) is 44.7 Å². The molecule has 3 amide bonds. The second-order valence-electron chi connectivity index (χ2n) is 10.1. The molecule has 2 aromatic heterocycles. The molecule has 0 aromatic carbocycles. The van der Waals surface area contributed by atoms with E-state index in [1.165, 1.54) is 24.2 Å². The maximum absolute atomic E-state index is 13.2. The monoisotopic (exact) mass is 505 g/mol. The summed E-state index contributed by atoms with van der Waals surface area (Å²) in [6, 6.07) is 1.70. The van der Waals surface area contributed by atoms with Crippen molar-refractivity contribution in [2.24, 2.45) is 5.41 Å². The third-order valence-corrected chi connectivity index (χ3v) is 8.87. The summed E-state index contributed by atoms with van der Waals surface area (Å²) in [6.07, 6.45) is 16.2. The topological polar surface area (TPSA) is 93.7 Å². The number of nitrogens with zero attached hydrogens (tertiary/aromatic N) is 5. The van der Waals surface area contributed by atoms with E-state index in [1.807, 2.05) is 30.4 Å². The van der Waals surface area contributed by atoms with Gasteiger partial charge in [-0.05, 0) is 43.7 Å². The minimum absolute atomic E-state index is 0.0327. The predicted molar refractivity (Wildman–Crippen MR) is 142 cm³/mol. The number of urea groups is 1. The van der Waals surface area contributed by atoms with Crippen LogP contribution in [0.3, 0.4) is 0 Å². The van der Waals surface area contributed by atoms with Gasteiger partial charge in [0.25, 0.3) is 5.91 Å². The van der Waals surface area contributed by atoms with E-state index < -0.39 is 0 Å². The lowest BCUT2D eigenvalue weighted by Crippen LogP contribution is -2.48. The molecule has 188 valence electrons. The standard InChI is InChI=1S/C26H31N7O2S/c1-31-21-5-2-3-6-22(21)33(25(31)35)24-30-19(16-36-24)23(34)29-18-15-27-12-7-20(18)32-13-9-26(10-14-32)8-4-11-28-17-26/h2-3,5-7,12,15-16,21-22,28H,4,8-11,13-14,17H2,1H3,(H,29,34). The van der Waals surface area contributed by atoms with Crippen LogP contribution in [0.5, 0.6) is 0 Å². The van der Waals surface area contributed by atoms with Gasteiger partial charge in [-0.1, -0.05) is 24.3 Å². The zero-order valence-electron chi connectivity index (χ0n) is 20.4. The molecule has 10 heteroatoms. The van der Waals surface area contributed by atoms with Gasteiger partial charge in [0.05, 0.1) is 29.7 Å². The Kier molecular flexibility index (Phi) is 6.00. The number of hydrogen-bond donors (Lipinski definition) is 2. The van der Waals surface area contributed by atoms with Crippen molar-refractivity contribution in [3.8, 4) is 0 Å². The number of anilines is 3.